The topological polar surface area (TPSA) is 143 Å². The second kappa shape index (κ2) is 20.1. The molecule has 12 nitrogen and oxygen atoms in total. The molecule has 0 radical (unpaired) electrons. The van der Waals surface area contributed by atoms with Gasteiger partial charge in [0, 0.05) is 38.3 Å². The number of nitrogens with one attached hydrogen (secondary N) is 3. The lowest BCUT2D eigenvalue weighted by Gasteiger charge is -2.31. The Morgan fingerprint density at radius 1 is 1.24 bits per heavy atom. The van der Waals surface area contributed by atoms with E-state index in [2.05, 4.69) is 44.3 Å². The SMILES string of the molecule is C=Cc1scc(CCN(CCNC)/C(C(=O)N(CC(=O)Nc2ccc(C(F)(F)F)cc2O)N=C)=C(\CC)NC=NCC2=CCOCC2)c1N=CC. The van der Waals surface area contributed by atoms with Gasteiger partial charge >= 0.3 is 6.18 Å². The van der Waals surface area contributed by atoms with Crippen molar-refractivity contribution >= 4 is 59.9 Å². The molecule has 1 aromatic heterocycles. The van der Waals surface area contributed by atoms with E-state index in [4.69, 9.17) is 4.74 Å². The molecule has 4 N–H and O–H groups in total. The highest BCUT2D eigenvalue weighted by atomic mass is 32.1. The van der Waals surface area contributed by atoms with Gasteiger partial charge < -0.3 is 30.7 Å². The molecule has 2 aromatic rings. The Bertz CT molecular complexity index is 1650. The van der Waals surface area contributed by atoms with Crippen LogP contribution in [0.1, 0.15) is 42.7 Å². The van der Waals surface area contributed by atoms with Gasteiger partial charge in [0.2, 0.25) is 5.91 Å². The smallest absolute Gasteiger partial charge is 0.416 e. The maximum Gasteiger partial charge on any atom is 0.416 e. The van der Waals surface area contributed by atoms with Crippen LogP contribution >= 0.6 is 11.3 Å². The molecule has 276 valence electrons. The number of aromatic hydroxyl groups is 1. The predicted octanol–water partition coefficient (Wildman–Crippen LogP) is 5.57. The van der Waals surface area contributed by atoms with Gasteiger partial charge in [-0.05, 0) is 74.0 Å². The maximum atomic E-state index is 14.4. The number of nitrogens with zero attached hydrogens (tertiary/aromatic N) is 5. The van der Waals surface area contributed by atoms with Crippen molar-refractivity contribution in [2.24, 2.45) is 15.1 Å². The number of rotatable bonds is 19. The van der Waals surface area contributed by atoms with Gasteiger partial charge in [-0.15, -0.1) is 11.3 Å². The van der Waals surface area contributed by atoms with Crippen molar-refractivity contribution in [2.75, 3.05) is 58.3 Å². The molecule has 51 heavy (non-hydrogen) atoms. The van der Waals surface area contributed by atoms with E-state index >= 15 is 0 Å². The fraction of sp³-hybridized carbons (Fsp3) is 0.400. The maximum absolute atomic E-state index is 14.4. The molecule has 0 fully saturated rings. The van der Waals surface area contributed by atoms with Gasteiger partial charge in [-0.25, -0.2) is 5.01 Å². The van der Waals surface area contributed by atoms with E-state index in [1.165, 1.54) is 17.7 Å². The Morgan fingerprint density at radius 3 is 2.63 bits per heavy atom. The number of benzene rings is 1. The number of anilines is 1. The number of carbonyl (C=O) groups is 2. The number of aliphatic imine (C=N–C) groups is 2. The van der Waals surface area contributed by atoms with Crippen LogP contribution in [0.4, 0.5) is 24.5 Å². The largest absolute Gasteiger partial charge is 0.506 e. The van der Waals surface area contributed by atoms with Crippen LogP contribution in [0.5, 0.6) is 5.75 Å². The van der Waals surface area contributed by atoms with Gasteiger partial charge in [-0.1, -0.05) is 19.6 Å². The molecule has 0 saturated carbocycles. The molecule has 0 unspecified atom stereocenters. The number of hydrogen-bond acceptors (Lipinski definition) is 10. The van der Waals surface area contributed by atoms with Gasteiger partial charge in [0.15, 0.2) is 0 Å². The summed E-state index contributed by atoms with van der Waals surface area (Å²) in [6, 6.07) is 2.17. The molecule has 0 spiro atoms. The third kappa shape index (κ3) is 11.9. The summed E-state index contributed by atoms with van der Waals surface area (Å²) >= 11 is 1.52. The van der Waals surface area contributed by atoms with E-state index in [1.54, 1.807) is 19.3 Å². The Kier molecular flexibility index (Phi) is 16.1. The fourth-order valence-electron chi connectivity index (χ4n) is 5.08. The molecular formula is C35H45F3N8O4S. The number of halogens is 3. The monoisotopic (exact) mass is 730 g/mol. The Balaban J connectivity index is 1.96. The number of phenols is 1. The summed E-state index contributed by atoms with van der Waals surface area (Å²) in [6.45, 7) is 13.4. The van der Waals surface area contributed by atoms with Crippen LogP contribution in [0.25, 0.3) is 6.08 Å². The molecule has 1 aromatic carbocycles. The third-order valence-corrected chi connectivity index (χ3v) is 8.75. The zero-order valence-electron chi connectivity index (χ0n) is 29.1. The van der Waals surface area contributed by atoms with Crippen LogP contribution in [-0.2, 0) is 26.9 Å². The summed E-state index contributed by atoms with van der Waals surface area (Å²) in [5.74, 6) is -2.25. The van der Waals surface area contributed by atoms with E-state index in [9.17, 15) is 27.9 Å². The second-order valence-corrected chi connectivity index (χ2v) is 12.1. The van der Waals surface area contributed by atoms with E-state index in [-0.39, 0.29) is 11.4 Å². The van der Waals surface area contributed by atoms with Crippen molar-refractivity contribution in [3.63, 3.8) is 0 Å². The number of alkyl halides is 3. The first-order chi connectivity index (χ1) is 24.5. The highest BCUT2D eigenvalue weighted by Gasteiger charge is 2.32. The molecule has 2 amide bonds. The summed E-state index contributed by atoms with van der Waals surface area (Å²) in [7, 11) is 1.79. The Morgan fingerprint density at radius 2 is 2.02 bits per heavy atom. The molecular weight excluding hydrogens is 685 g/mol. The second-order valence-electron chi connectivity index (χ2n) is 11.2. The molecule has 1 aliphatic rings. The van der Waals surface area contributed by atoms with Gasteiger partial charge in [-0.2, -0.15) is 18.3 Å². The number of hydrazone groups is 1. The van der Waals surface area contributed by atoms with Crippen molar-refractivity contribution in [1.29, 1.82) is 0 Å². The first-order valence-electron chi connectivity index (χ1n) is 16.3. The normalized spacial score (nSPS) is 13.9. The summed E-state index contributed by atoms with van der Waals surface area (Å²) in [4.78, 5) is 39.3. The van der Waals surface area contributed by atoms with Crippen LogP contribution in [0, 0.1) is 0 Å². The Hall–Kier alpha value is -4.80. The first kappa shape index (κ1) is 40.6. The van der Waals surface area contributed by atoms with E-state index in [0.29, 0.717) is 64.0 Å². The standard InChI is InChI=1S/C35H45F3N8O4S/c1-6-27(43-23-41-20-24-12-17-50-18-13-24)33(45(16-14-39-4)15-11-25-22-51-30(7-2)32(25)42-8-3)34(49)46(40-5)21-31(48)44-28-10-9-26(19-29(28)47)35(36,37)38/h7-10,12,19,22-23,39,47H,2,5-6,11,13-18,20-21H2,1,3-4H3,(H,41,43)(H,44,48)/b33-27+,42-8?. The van der Waals surface area contributed by atoms with E-state index < -0.39 is 35.8 Å². The summed E-state index contributed by atoms with van der Waals surface area (Å²) in [5, 5.41) is 25.5. The number of likely N-dealkylation sites (N-methyl/N-ethyl adjacent to an activating group) is 1. The van der Waals surface area contributed by atoms with Crippen LogP contribution in [0.15, 0.2) is 68.3 Å². The van der Waals surface area contributed by atoms with Crippen molar-refractivity contribution in [2.45, 2.75) is 39.3 Å². The number of amides is 2. The van der Waals surface area contributed by atoms with E-state index in [1.807, 2.05) is 30.2 Å². The van der Waals surface area contributed by atoms with Crippen molar-refractivity contribution < 1.29 is 32.6 Å². The van der Waals surface area contributed by atoms with E-state index in [0.717, 1.165) is 45.3 Å². The third-order valence-electron chi connectivity index (χ3n) is 7.73. The quantitative estimate of drug-likeness (QED) is 0.0370. The average molecular weight is 731 g/mol. The highest BCUT2D eigenvalue weighted by Crippen LogP contribution is 2.35. The van der Waals surface area contributed by atoms with Crippen LogP contribution in [0.2, 0.25) is 0 Å². The van der Waals surface area contributed by atoms with Gasteiger partial charge in [-0.3, -0.25) is 19.6 Å². The minimum absolute atomic E-state index is 0.224. The minimum Gasteiger partial charge on any atom is -0.506 e. The zero-order valence-corrected chi connectivity index (χ0v) is 29.9. The van der Waals surface area contributed by atoms with Crippen molar-refractivity contribution in [1.82, 2.24) is 20.5 Å². The summed E-state index contributed by atoms with van der Waals surface area (Å²) in [5.41, 5.74) is 2.32. The molecule has 0 aliphatic carbocycles. The highest BCUT2D eigenvalue weighted by molar-refractivity contribution is 7.11. The van der Waals surface area contributed by atoms with Gasteiger partial charge in [0.25, 0.3) is 5.91 Å². The number of allylic oxidation sites excluding steroid dienone is 1. The Labute approximate surface area is 300 Å². The lowest BCUT2D eigenvalue weighted by molar-refractivity contribution is -0.137. The summed E-state index contributed by atoms with van der Waals surface area (Å²) < 4.78 is 44.6. The van der Waals surface area contributed by atoms with Gasteiger partial charge in [0.05, 0.1) is 47.9 Å². The number of phenolic OH excluding ortho intramolecular Hbond substituents is 1. The molecule has 2 heterocycles. The van der Waals surface area contributed by atoms with Crippen LogP contribution in [-0.4, -0.2) is 99.1 Å². The van der Waals surface area contributed by atoms with Crippen molar-refractivity contribution in [3.8, 4) is 5.75 Å². The van der Waals surface area contributed by atoms with Crippen LogP contribution < -0.4 is 16.0 Å². The lowest BCUT2D eigenvalue weighted by Crippen LogP contribution is -2.43. The van der Waals surface area contributed by atoms with Gasteiger partial charge in [0.1, 0.15) is 18.0 Å². The van der Waals surface area contributed by atoms with Crippen LogP contribution in [0.3, 0.4) is 0 Å². The zero-order chi connectivity index (χ0) is 37.4. The molecule has 0 bridgehead atoms. The number of thiophene rings is 1. The molecule has 3 rings (SSSR count). The average Bonchev–Trinajstić information content (AvgIpc) is 3.51. The number of ether oxygens (including phenoxy) is 1. The molecule has 1 aliphatic heterocycles. The molecule has 0 atom stereocenters. The molecule has 16 heteroatoms. The molecule has 0 saturated heterocycles. The number of hydrogen-bond donors (Lipinski definition) is 4. The fourth-order valence-corrected chi connectivity index (χ4v) is 5.97. The number of carbonyl (C=O) groups excluding carboxylic acids is 2. The lowest BCUT2D eigenvalue weighted by atomic mass is 10.1. The summed E-state index contributed by atoms with van der Waals surface area (Å²) in [6.07, 6.45) is 3.99. The minimum atomic E-state index is -4.68. The van der Waals surface area contributed by atoms with Crippen molar-refractivity contribution in [3.05, 3.63) is 69.2 Å². The predicted molar refractivity (Wildman–Crippen MR) is 198 cm³/mol. The first-order valence-corrected chi connectivity index (χ1v) is 17.2.